The number of aromatic nitrogens is 1. The zero-order chi connectivity index (χ0) is 13.8. The van der Waals surface area contributed by atoms with Crippen molar-refractivity contribution in [3.05, 3.63) is 51.0 Å². The molecule has 1 aromatic heterocycles. The Morgan fingerprint density at radius 3 is 2.74 bits per heavy atom. The van der Waals surface area contributed by atoms with Crippen LogP contribution >= 0.6 is 31.9 Å². The van der Waals surface area contributed by atoms with Crippen LogP contribution in [-0.4, -0.2) is 12.0 Å². The van der Waals surface area contributed by atoms with E-state index in [-0.39, 0.29) is 6.04 Å². The summed E-state index contributed by atoms with van der Waals surface area (Å²) in [5, 5.41) is 3.19. The van der Waals surface area contributed by atoms with E-state index in [1.165, 1.54) is 0 Å². The van der Waals surface area contributed by atoms with Crippen molar-refractivity contribution in [1.29, 1.82) is 0 Å². The standard InChI is InChI=1S/C14H14Br2N2O/c1-9(17-2)11-4-3-7-18-14(11)19-13-6-5-10(15)8-12(13)16/h3-9,17H,1-2H3. The number of ether oxygens (including phenoxy) is 1. The van der Waals surface area contributed by atoms with Gasteiger partial charge in [-0.25, -0.2) is 4.98 Å². The lowest BCUT2D eigenvalue weighted by molar-refractivity contribution is 0.444. The van der Waals surface area contributed by atoms with E-state index in [0.29, 0.717) is 5.88 Å². The van der Waals surface area contributed by atoms with Crippen molar-refractivity contribution in [1.82, 2.24) is 10.3 Å². The molecule has 0 aliphatic rings. The zero-order valence-corrected chi connectivity index (χ0v) is 13.8. The molecule has 0 saturated heterocycles. The molecule has 19 heavy (non-hydrogen) atoms. The maximum absolute atomic E-state index is 5.90. The molecule has 3 nitrogen and oxygen atoms in total. The van der Waals surface area contributed by atoms with Gasteiger partial charge >= 0.3 is 0 Å². The van der Waals surface area contributed by atoms with Gasteiger partial charge in [0.15, 0.2) is 0 Å². The highest BCUT2D eigenvalue weighted by Crippen LogP contribution is 2.33. The molecule has 2 rings (SSSR count). The Labute approximate surface area is 129 Å². The second-order valence-electron chi connectivity index (χ2n) is 4.08. The van der Waals surface area contributed by atoms with Crippen LogP contribution in [0, 0.1) is 0 Å². The molecule has 5 heteroatoms. The average Bonchev–Trinajstić information content (AvgIpc) is 2.41. The number of hydrogen-bond donors (Lipinski definition) is 1. The van der Waals surface area contributed by atoms with Crippen LogP contribution in [0.4, 0.5) is 0 Å². The molecule has 0 aliphatic heterocycles. The van der Waals surface area contributed by atoms with Crippen molar-refractivity contribution in [2.24, 2.45) is 0 Å². The van der Waals surface area contributed by atoms with Crippen molar-refractivity contribution in [2.45, 2.75) is 13.0 Å². The van der Waals surface area contributed by atoms with Crippen LogP contribution in [-0.2, 0) is 0 Å². The van der Waals surface area contributed by atoms with Crippen LogP contribution in [0.2, 0.25) is 0 Å². The lowest BCUT2D eigenvalue weighted by Gasteiger charge is -2.15. The van der Waals surface area contributed by atoms with Gasteiger partial charge in [0.1, 0.15) is 5.75 Å². The van der Waals surface area contributed by atoms with Crippen molar-refractivity contribution in [3.63, 3.8) is 0 Å². The summed E-state index contributed by atoms with van der Waals surface area (Å²) in [6.45, 7) is 2.07. The smallest absolute Gasteiger partial charge is 0.224 e. The SMILES string of the molecule is CNC(C)c1cccnc1Oc1ccc(Br)cc1Br. The molecule has 1 heterocycles. The second kappa shape index (κ2) is 6.50. The third kappa shape index (κ3) is 3.55. The predicted molar refractivity (Wildman–Crippen MR) is 83.6 cm³/mol. The molecular formula is C14H14Br2N2O. The Kier molecular flexibility index (Phi) is 4.96. The van der Waals surface area contributed by atoms with Gasteiger partial charge in [0.25, 0.3) is 0 Å². The van der Waals surface area contributed by atoms with Crippen LogP contribution in [0.15, 0.2) is 45.5 Å². The molecular weight excluding hydrogens is 372 g/mol. The van der Waals surface area contributed by atoms with Gasteiger partial charge in [0.2, 0.25) is 5.88 Å². The fraction of sp³-hybridized carbons (Fsp3) is 0.214. The normalized spacial score (nSPS) is 12.2. The molecule has 0 amide bonds. The number of hydrogen-bond acceptors (Lipinski definition) is 3. The first kappa shape index (κ1) is 14.5. The summed E-state index contributed by atoms with van der Waals surface area (Å²) in [5.41, 5.74) is 1.03. The molecule has 0 bridgehead atoms. The number of pyridine rings is 1. The second-order valence-corrected chi connectivity index (χ2v) is 5.85. The van der Waals surface area contributed by atoms with Gasteiger partial charge in [0, 0.05) is 22.3 Å². The number of nitrogens with zero attached hydrogens (tertiary/aromatic N) is 1. The van der Waals surface area contributed by atoms with Crippen molar-refractivity contribution >= 4 is 31.9 Å². The van der Waals surface area contributed by atoms with Gasteiger partial charge < -0.3 is 10.1 Å². The Hall–Kier alpha value is -0.910. The molecule has 100 valence electrons. The minimum Gasteiger partial charge on any atom is -0.437 e. The topological polar surface area (TPSA) is 34.2 Å². The van der Waals surface area contributed by atoms with Crippen LogP contribution in [0.25, 0.3) is 0 Å². The van der Waals surface area contributed by atoms with E-state index in [0.717, 1.165) is 20.3 Å². The Morgan fingerprint density at radius 2 is 2.05 bits per heavy atom. The molecule has 1 aromatic carbocycles. The molecule has 0 radical (unpaired) electrons. The van der Waals surface area contributed by atoms with Crippen LogP contribution in [0.3, 0.4) is 0 Å². The molecule has 2 aromatic rings. The van der Waals surface area contributed by atoms with Crippen LogP contribution in [0.1, 0.15) is 18.5 Å². The summed E-state index contributed by atoms with van der Waals surface area (Å²) in [4.78, 5) is 4.31. The highest BCUT2D eigenvalue weighted by Gasteiger charge is 2.13. The van der Waals surface area contributed by atoms with Crippen LogP contribution < -0.4 is 10.1 Å². The highest BCUT2D eigenvalue weighted by atomic mass is 79.9. The van der Waals surface area contributed by atoms with Gasteiger partial charge in [0.05, 0.1) is 4.47 Å². The van der Waals surface area contributed by atoms with Crippen LogP contribution in [0.5, 0.6) is 11.6 Å². The molecule has 0 saturated carbocycles. The molecule has 0 fully saturated rings. The fourth-order valence-electron chi connectivity index (χ4n) is 1.64. The van der Waals surface area contributed by atoms with Gasteiger partial charge in [-0.3, -0.25) is 0 Å². The fourth-order valence-corrected chi connectivity index (χ4v) is 2.76. The maximum atomic E-state index is 5.90. The largest absolute Gasteiger partial charge is 0.437 e. The minimum atomic E-state index is 0.179. The van der Waals surface area contributed by atoms with Gasteiger partial charge in [-0.2, -0.15) is 0 Å². The van der Waals surface area contributed by atoms with E-state index in [1.54, 1.807) is 6.20 Å². The summed E-state index contributed by atoms with van der Waals surface area (Å²) >= 11 is 6.90. The molecule has 1 N–H and O–H groups in total. The van der Waals surface area contributed by atoms with Gasteiger partial charge in [-0.15, -0.1) is 0 Å². The monoisotopic (exact) mass is 384 g/mol. The molecule has 1 unspecified atom stereocenters. The minimum absolute atomic E-state index is 0.179. The van der Waals surface area contributed by atoms with E-state index in [4.69, 9.17) is 4.74 Å². The quantitative estimate of drug-likeness (QED) is 0.829. The molecule has 0 spiro atoms. The van der Waals surface area contributed by atoms with E-state index >= 15 is 0 Å². The van der Waals surface area contributed by atoms with Gasteiger partial charge in [-0.1, -0.05) is 22.0 Å². The summed E-state index contributed by atoms with van der Waals surface area (Å²) in [7, 11) is 1.91. The predicted octanol–water partition coefficient (Wildman–Crippen LogP) is 4.68. The number of nitrogens with one attached hydrogen (secondary N) is 1. The lowest BCUT2D eigenvalue weighted by atomic mass is 10.1. The third-order valence-corrected chi connectivity index (χ3v) is 3.91. The Morgan fingerprint density at radius 1 is 1.26 bits per heavy atom. The van der Waals surface area contributed by atoms with Crippen molar-refractivity contribution in [2.75, 3.05) is 7.05 Å². The first-order chi connectivity index (χ1) is 9.11. The maximum Gasteiger partial charge on any atom is 0.224 e. The van der Waals surface area contributed by atoms with Gasteiger partial charge in [-0.05, 0) is 54.2 Å². The number of rotatable bonds is 4. The highest BCUT2D eigenvalue weighted by molar-refractivity contribution is 9.11. The first-order valence-electron chi connectivity index (χ1n) is 5.87. The molecule has 1 atom stereocenters. The van der Waals surface area contributed by atoms with Crippen molar-refractivity contribution in [3.8, 4) is 11.6 Å². The third-order valence-electron chi connectivity index (χ3n) is 2.80. The number of benzene rings is 1. The summed E-state index contributed by atoms with van der Waals surface area (Å²) in [6, 6.07) is 9.88. The number of halogens is 2. The molecule has 0 aliphatic carbocycles. The van der Waals surface area contributed by atoms with E-state index < -0.39 is 0 Å². The zero-order valence-electron chi connectivity index (χ0n) is 10.7. The van der Waals surface area contributed by atoms with E-state index in [2.05, 4.69) is 49.1 Å². The summed E-state index contributed by atoms with van der Waals surface area (Å²) in [6.07, 6.45) is 1.73. The van der Waals surface area contributed by atoms with Crippen molar-refractivity contribution < 1.29 is 4.74 Å². The first-order valence-corrected chi connectivity index (χ1v) is 7.45. The lowest BCUT2D eigenvalue weighted by Crippen LogP contribution is -2.13. The average molecular weight is 386 g/mol. The van der Waals surface area contributed by atoms with E-state index in [9.17, 15) is 0 Å². The Balaban J connectivity index is 2.33. The van der Waals surface area contributed by atoms with E-state index in [1.807, 2.05) is 37.4 Å². The summed E-state index contributed by atoms with van der Waals surface area (Å²) in [5.74, 6) is 1.36. The summed E-state index contributed by atoms with van der Waals surface area (Å²) < 4.78 is 7.78. The Bertz CT molecular complexity index is 575.